The van der Waals surface area contributed by atoms with Crippen molar-refractivity contribution in [3.05, 3.63) is 23.8 Å². The minimum Gasteiger partial charge on any atom is -0.493 e. The average Bonchev–Trinajstić information content (AvgIpc) is 2.62. The second kappa shape index (κ2) is 10.4. The molecule has 0 radical (unpaired) electrons. The summed E-state index contributed by atoms with van der Waals surface area (Å²) in [6.07, 6.45) is 5.88. The van der Waals surface area contributed by atoms with E-state index in [1.165, 1.54) is 12.8 Å². The van der Waals surface area contributed by atoms with Crippen LogP contribution in [-0.4, -0.2) is 51.2 Å². The smallest absolute Gasteiger partial charge is 0.220 e. The van der Waals surface area contributed by atoms with Crippen LogP contribution in [0.1, 0.15) is 44.6 Å². The monoisotopic (exact) mass is 362 g/mol. The van der Waals surface area contributed by atoms with Gasteiger partial charge in [0.05, 0.1) is 7.11 Å². The third kappa shape index (κ3) is 6.87. The summed E-state index contributed by atoms with van der Waals surface area (Å²) in [5.74, 6) is 2.42. The molecule has 1 aromatic rings. The van der Waals surface area contributed by atoms with Gasteiger partial charge in [0.15, 0.2) is 11.5 Å². The van der Waals surface area contributed by atoms with Crippen LogP contribution in [0, 0.1) is 5.92 Å². The van der Waals surface area contributed by atoms with Crippen molar-refractivity contribution in [3.8, 4) is 11.5 Å². The van der Waals surface area contributed by atoms with Gasteiger partial charge in [0.1, 0.15) is 6.61 Å². The number of aryl methyl sites for hydroxylation is 1. The highest BCUT2D eigenvalue weighted by atomic mass is 16.5. The summed E-state index contributed by atoms with van der Waals surface area (Å²) in [5.41, 5.74) is 1.09. The van der Waals surface area contributed by atoms with Crippen molar-refractivity contribution in [1.82, 2.24) is 10.2 Å². The van der Waals surface area contributed by atoms with Crippen LogP contribution in [0.25, 0.3) is 0 Å². The Bertz CT molecular complexity index is 566. The summed E-state index contributed by atoms with van der Waals surface area (Å²) in [5, 5.41) is 3.19. The molecule has 5 heteroatoms. The highest BCUT2D eigenvalue weighted by molar-refractivity contribution is 5.76. The Morgan fingerprint density at radius 2 is 1.92 bits per heavy atom. The maximum atomic E-state index is 12.2. The number of carbonyl (C=O) groups excluding carboxylic acids is 1. The Labute approximate surface area is 158 Å². The molecule has 2 rings (SSSR count). The number of carbonyl (C=O) groups is 1. The van der Waals surface area contributed by atoms with E-state index < -0.39 is 0 Å². The second-order valence-corrected chi connectivity index (χ2v) is 7.66. The maximum absolute atomic E-state index is 12.2. The first-order valence-corrected chi connectivity index (χ1v) is 9.71. The van der Waals surface area contributed by atoms with Crippen LogP contribution in [0.15, 0.2) is 18.2 Å². The van der Waals surface area contributed by atoms with Crippen LogP contribution in [0.4, 0.5) is 0 Å². The van der Waals surface area contributed by atoms with E-state index in [9.17, 15) is 4.79 Å². The lowest BCUT2D eigenvalue weighted by atomic mass is 9.87. The second-order valence-electron chi connectivity index (χ2n) is 7.66. The molecular weight excluding hydrogens is 328 g/mol. The summed E-state index contributed by atoms with van der Waals surface area (Å²) in [7, 11) is 5.68. The average molecular weight is 363 g/mol. The standard InChI is InChI=1S/C21H34N2O3/c1-16-5-9-18(10-6-16)22-21(24)12-8-17-7-11-19(20(15-17)25-4)26-14-13-23(2)3/h7,11,15-16,18H,5-6,8-10,12-14H2,1-4H3,(H,22,24)/t16-,18-. The summed E-state index contributed by atoms with van der Waals surface area (Å²) < 4.78 is 11.2. The summed E-state index contributed by atoms with van der Waals surface area (Å²) in [4.78, 5) is 14.3. The number of nitrogens with zero attached hydrogens (tertiary/aromatic N) is 1. The van der Waals surface area contributed by atoms with E-state index >= 15 is 0 Å². The Morgan fingerprint density at radius 1 is 1.19 bits per heavy atom. The van der Waals surface area contributed by atoms with Gasteiger partial charge < -0.3 is 19.7 Å². The zero-order valence-electron chi connectivity index (χ0n) is 16.7. The molecule has 1 saturated carbocycles. The molecule has 1 fully saturated rings. The third-order valence-electron chi connectivity index (χ3n) is 5.05. The number of rotatable bonds is 9. The fraction of sp³-hybridized carbons (Fsp3) is 0.667. The molecule has 1 amide bonds. The van der Waals surface area contributed by atoms with E-state index in [-0.39, 0.29) is 5.91 Å². The molecular formula is C21H34N2O3. The Kier molecular flexibility index (Phi) is 8.23. The van der Waals surface area contributed by atoms with Crippen molar-refractivity contribution >= 4 is 5.91 Å². The van der Waals surface area contributed by atoms with Crippen molar-refractivity contribution in [2.75, 3.05) is 34.4 Å². The van der Waals surface area contributed by atoms with E-state index in [0.29, 0.717) is 25.5 Å². The summed E-state index contributed by atoms with van der Waals surface area (Å²) >= 11 is 0. The molecule has 0 unspecified atom stereocenters. The van der Waals surface area contributed by atoms with Gasteiger partial charge in [0.2, 0.25) is 5.91 Å². The van der Waals surface area contributed by atoms with Crippen molar-refractivity contribution < 1.29 is 14.3 Å². The van der Waals surface area contributed by atoms with Gasteiger partial charge in [-0.1, -0.05) is 13.0 Å². The zero-order valence-corrected chi connectivity index (χ0v) is 16.7. The molecule has 1 aliphatic carbocycles. The van der Waals surface area contributed by atoms with Crippen LogP contribution in [0.3, 0.4) is 0 Å². The predicted molar refractivity (Wildman–Crippen MR) is 105 cm³/mol. The zero-order chi connectivity index (χ0) is 18.9. The van der Waals surface area contributed by atoms with Crippen LogP contribution >= 0.6 is 0 Å². The molecule has 0 spiro atoms. The maximum Gasteiger partial charge on any atom is 0.220 e. The van der Waals surface area contributed by atoms with E-state index in [0.717, 1.165) is 42.4 Å². The van der Waals surface area contributed by atoms with Crippen molar-refractivity contribution in [2.24, 2.45) is 5.92 Å². The van der Waals surface area contributed by atoms with Gasteiger partial charge in [0, 0.05) is 19.0 Å². The highest BCUT2D eigenvalue weighted by Gasteiger charge is 2.19. The molecule has 0 aromatic heterocycles. The normalized spacial score (nSPS) is 20.0. The fourth-order valence-electron chi connectivity index (χ4n) is 3.29. The van der Waals surface area contributed by atoms with Gasteiger partial charge in [-0.3, -0.25) is 4.79 Å². The lowest BCUT2D eigenvalue weighted by molar-refractivity contribution is -0.122. The van der Waals surface area contributed by atoms with Crippen LogP contribution in [0.5, 0.6) is 11.5 Å². The highest BCUT2D eigenvalue weighted by Crippen LogP contribution is 2.28. The molecule has 1 N–H and O–H groups in total. The molecule has 26 heavy (non-hydrogen) atoms. The first kappa shape index (κ1) is 20.6. The molecule has 0 atom stereocenters. The molecule has 0 aliphatic heterocycles. The fourth-order valence-corrected chi connectivity index (χ4v) is 3.29. The van der Waals surface area contributed by atoms with Gasteiger partial charge in [-0.15, -0.1) is 0 Å². The molecule has 1 aromatic carbocycles. The first-order chi connectivity index (χ1) is 12.5. The van der Waals surface area contributed by atoms with E-state index in [1.807, 2.05) is 32.3 Å². The lowest BCUT2D eigenvalue weighted by Gasteiger charge is -2.26. The van der Waals surface area contributed by atoms with Gasteiger partial charge >= 0.3 is 0 Å². The molecule has 0 heterocycles. The number of hydrogen-bond donors (Lipinski definition) is 1. The van der Waals surface area contributed by atoms with Crippen LogP contribution < -0.4 is 14.8 Å². The minimum atomic E-state index is 0.148. The molecule has 1 aliphatic rings. The van der Waals surface area contributed by atoms with Crippen molar-refractivity contribution in [3.63, 3.8) is 0 Å². The minimum absolute atomic E-state index is 0.148. The number of benzene rings is 1. The number of amides is 1. The van der Waals surface area contributed by atoms with Crippen LogP contribution in [0.2, 0.25) is 0 Å². The lowest BCUT2D eigenvalue weighted by Crippen LogP contribution is -2.37. The number of hydrogen-bond acceptors (Lipinski definition) is 4. The number of ether oxygens (including phenoxy) is 2. The van der Waals surface area contributed by atoms with Crippen LogP contribution in [-0.2, 0) is 11.2 Å². The SMILES string of the molecule is COc1cc(CCC(=O)N[C@H]2CC[C@H](C)CC2)ccc1OCCN(C)C. The predicted octanol–water partition coefficient (Wildman–Crippen LogP) is 3.26. The Hall–Kier alpha value is -1.75. The number of methoxy groups -OCH3 is 1. The molecule has 0 bridgehead atoms. The van der Waals surface area contributed by atoms with Gasteiger partial charge in [0.25, 0.3) is 0 Å². The Morgan fingerprint density at radius 3 is 2.58 bits per heavy atom. The number of nitrogens with one attached hydrogen (secondary N) is 1. The van der Waals surface area contributed by atoms with Gasteiger partial charge in [-0.2, -0.15) is 0 Å². The summed E-state index contributed by atoms with van der Waals surface area (Å²) in [6.45, 7) is 3.76. The molecule has 5 nitrogen and oxygen atoms in total. The quantitative estimate of drug-likeness (QED) is 0.733. The molecule has 146 valence electrons. The van der Waals surface area contributed by atoms with Crippen molar-refractivity contribution in [2.45, 2.75) is 51.5 Å². The van der Waals surface area contributed by atoms with Gasteiger partial charge in [-0.05, 0) is 69.8 Å². The third-order valence-corrected chi connectivity index (χ3v) is 5.05. The van der Waals surface area contributed by atoms with E-state index in [1.54, 1.807) is 7.11 Å². The summed E-state index contributed by atoms with van der Waals surface area (Å²) in [6, 6.07) is 6.29. The van der Waals surface area contributed by atoms with Crippen molar-refractivity contribution in [1.29, 1.82) is 0 Å². The largest absolute Gasteiger partial charge is 0.493 e. The topological polar surface area (TPSA) is 50.8 Å². The van der Waals surface area contributed by atoms with Gasteiger partial charge in [-0.25, -0.2) is 0 Å². The first-order valence-electron chi connectivity index (χ1n) is 9.71. The Balaban J connectivity index is 1.80. The number of likely N-dealkylation sites (N-methyl/N-ethyl adjacent to an activating group) is 1. The molecule has 0 saturated heterocycles. The van der Waals surface area contributed by atoms with E-state index in [4.69, 9.17) is 9.47 Å². The van der Waals surface area contributed by atoms with E-state index in [2.05, 4.69) is 17.1 Å².